The van der Waals surface area contributed by atoms with E-state index < -0.39 is 0 Å². The van der Waals surface area contributed by atoms with Crippen LogP contribution in [-0.4, -0.2) is 41.6 Å². The molecule has 1 aliphatic rings. The lowest BCUT2D eigenvalue weighted by Crippen LogP contribution is -2.57. The molecule has 5 nitrogen and oxygen atoms in total. The number of Topliss-reactive ketones (excluding diaryl/α,β-unsaturated/α-hetero) is 1. The second kappa shape index (κ2) is 6.76. The van der Waals surface area contributed by atoms with Crippen LogP contribution in [0.3, 0.4) is 0 Å². The number of amides is 2. The van der Waals surface area contributed by atoms with Crippen LogP contribution < -0.4 is 5.32 Å². The smallest absolute Gasteiger partial charge is 0.243 e. The molecule has 1 aromatic rings. The fraction of sp³-hybridized carbons (Fsp3) is 0.500. The van der Waals surface area contributed by atoms with Crippen molar-refractivity contribution in [1.82, 2.24) is 10.2 Å². The maximum absolute atomic E-state index is 11.9. The number of nitrogens with one attached hydrogen (secondary N) is 1. The zero-order valence-electron chi connectivity index (χ0n) is 11.4. The number of nitrogens with zero attached hydrogens (tertiary/aromatic N) is 1. The van der Waals surface area contributed by atoms with Gasteiger partial charge in [0.25, 0.3) is 0 Å². The monoisotopic (exact) mass is 294 g/mol. The van der Waals surface area contributed by atoms with Crippen LogP contribution in [0.5, 0.6) is 0 Å². The fourth-order valence-electron chi connectivity index (χ4n) is 2.40. The minimum Gasteiger partial charge on any atom is -0.294 e. The summed E-state index contributed by atoms with van der Waals surface area (Å²) in [6.45, 7) is 2.75. The third kappa shape index (κ3) is 3.52. The number of carbonyl (C=O) groups is 3. The van der Waals surface area contributed by atoms with E-state index in [4.69, 9.17) is 0 Å². The van der Waals surface area contributed by atoms with Crippen molar-refractivity contribution in [2.75, 3.05) is 13.1 Å². The molecule has 2 heterocycles. The summed E-state index contributed by atoms with van der Waals surface area (Å²) in [6.07, 6.45) is 1.77. The molecular weight excluding hydrogens is 276 g/mol. The van der Waals surface area contributed by atoms with Crippen LogP contribution in [0.25, 0.3) is 0 Å². The van der Waals surface area contributed by atoms with E-state index in [1.165, 1.54) is 11.3 Å². The van der Waals surface area contributed by atoms with E-state index >= 15 is 0 Å². The highest BCUT2D eigenvalue weighted by Gasteiger charge is 2.31. The van der Waals surface area contributed by atoms with Gasteiger partial charge >= 0.3 is 0 Å². The van der Waals surface area contributed by atoms with Gasteiger partial charge in [0.15, 0.2) is 5.78 Å². The van der Waals surface area contributed by atoms with Crippen molar-refractivity contribution in [1.29, 1.82) is 0 Å². The summed E-state index contributed by atoms with van der Waals surface area (Å²) < 4.78 is 0. The minimum atomic E-state index is -0.260. The number of hydrogen-bond acceptors (Lipinski definition) is 5. The summed E-state index contributed by atoms with van der Waals surface area (Å²) in [5, 5.41) is 4.23. The predicted octanol–water partition coefficient (Wildman–Crippen LogP) is 1.45. The Balaban J connectivity index is 1.84. The highest BCUT2D eigenvalue weighted by Crippen LogP contribution is 2.14. The second-order valence-corrected chi connectivity index (χ2v) is 5.76. The Labute approximate surface area is 122 Å². The third-order valence-corrected chi connectivity index (χ3v) is 4.30. The molecule has 1 aliphatic heterocycles. The van der Waals surface area contributed by atoms with Gasteiger partial charge in [-0.25, -0.2) is 0 Å². The Morgan fingerprint density at radius 1 is 1.50 bits per heavy atom. The molecule has 0 bridgehead atoms. The van der Waals surface area contributed by atoms with E-state index in [0.717, 1.165) is 4.88 Å². The molecule has 1 atom stereocenters. The molecule has 1 saturated heterocycles. The van der Waals surface area contributed by atoms with E-state index in [9.17, 15) is 14.4 Å². The quantitative estimate of drug-likeness (QED) is 0.637. The first-order chi connectivity index (χ1) is 9.61. The summed E-state index contributed by atoms with van der Waals surface area (Å²) >= 11 is 1.44. The van der Waals surface area contributed by atoms with Gasteiger partial charge < -0.3 is 0 Å². The fourth-order valence-corrected chi connectivity index (χ4v) is 3.10. The lowest BCUT2D eigenvalue weighted by Gasteiger charge is -2.33. The van der Waals surface area contributed by atoms with Gasteiger partial charge in [0, 0.05) is 6.42 Å². The molecule has 6 heteroatoms. The molecule has 1 N–H and O–H groups in total. The predicted molar refractivity (Wildman–Crippen MR) is 76.7 cm³/mol. The van der Waals surface area contributed by atoms with Crippen LogP contribution in [-0.2, 0) is 9.59 Å². The summed E-state index contributed by atoms with van der Waals surface area (Å²) in [4.78, 5) is 37.6. The van der Waals surface area contributed by atoms with Crippen molar-refractivity contribution in [2.24, 2.45) is 0 Å². The molecule has 20 heavy (non-hydrogen) atoms. The number of piperazine rings is 1. The van der Waals surface area contributed by atoms with Crippen molar-refractivity contribution < 1.29 is 14.4 Å². The van der Waals surface area contributed by atoms with Gasteiger partial charge in [0.1, 0.15) is 0 Å². The average Bonchev–Trinajstić information content (AvgIpc) is 2.92. The van der Waals surface area contributed by atoms with E-state index in [2.05, 4.69) is 5.32 Å². The normalized spacial score (nSPS) is 19.9. The number of ketones is 1. The summed E-state index contributed by atoms with van der Waals surface area (Å²) in [5.41, 5.74) is 0. The molecule has 1 fully saturated rings. The Bertz CT molecular complexity index is 499. The van der Waals surface area contributed by atoms with Crippen LogP contribution in [0.1, 0.15) is 35.9 Å². The van der Waals surface area contributed by atoms with Crippen LogP contribution >= 0.6 is 11.3 Å². The topological polar surface area (TPSA) is 66.5 Å². The van der Waals surface area contributed by atoms with E-state index in [0.29, 0.717) is 25.8 Å². The Hall–Kier alpha value is -1.53. The highest BCUT2D eigenvalue weighted by atomic mass is 32.1. The van der Waals surface area contributed by atoms with Crippen LogP contribution in [0.4, 0.5) is 0 Å². The summed E-state index contributed by atoms with van der Waals surface area (Å²) in [6, 6.07) is 3.42. The van der Waals surface area contributed by atoms with Crippen molar-refractivity contribution in [2.45, 2.75) is 32.2 Å². The molecule has 0 saturated carbocycles. The molecule has 0 aliphatic carbocycles. The first-order valence-corrected chi connectivity index (χ1v) is 7.64. The summed E-state index contributed by atoms with van der Waals surface area (Å²) in [5.74, 6) is -0.363. The number of rotatable bonds is 6. The second-order valence-electron chi connectivity index (χ2n) is 4.81. The van der Waals surface area contributed by atoms with E-state index in [1.807, 2.05) is 29.3 Å². The summed E-state index contributed by atoms with van der Waals surface area (Å²) in [7, 11) is 0. The van der Waals surface area contributed by atoms with Crippen LogP contribution in [0.15, 0.2) is 17.5 Å². The first-order valence-electron chi connectivity index (χ1n) is 6.76. The van der Waals surface area contributed by atoms with Crippen molar-refractivity contribution in [3.63, 3.8) is 0 Å². The number of thiophene rings is 1. The Morgan fingerprint density at radius 2 is 2.30 bits per heavy atom. The average molecular weight is 294 g/mol. The van der Waals surface area contributed by atoms with Gasteiger partial charge in [-0.15, -0.1) is 11.3 Å². The maximum atomic E-state index is 11.9. The molecule has 1 aromatic heterocycles. The van der Waals surface area contributed by atoms with Gasteiger partial charge in [0.2, 0.25) is 11.8 Å². The van der Waals surface area contributed by atoms with Gasteiger partial charge in [-0.05, 0) is 30.8 Å². The molecule has 108 valence electrons. The van der Waals surface area contributed by atoms with Crippen molar-refractivity contribution >= 4 is 28.9 Å². The molecular formula is C14H18N2O3S. The maximum Gasteiger partial charge on any atom is 0.243 e. The van der Waals surface area contributed by atoms with Crippen molar-refractivity contribution in [3.8, 4) is 0 Å². The van der Waals surface area contributed by atoms with Gasteiger partial charge in [-0.2, -0.15) is 0 Å². The lowest BCUT2D eigenvalue weighted by atomic mass is 10.1. The molecule has 0 spiro atoms. The Morgan fingerprint density at radius 3 is 2.95 bits per heavy atom. The molecule has 0 aromatic carbocycles. The number of carbonyl (C=O) groups excluding carboxylic acids is 3. The molecule has 0 radical (unpaired) electrons. The van der Waals surface area contributed by atoms with Gasteiger partial charge in [-0.1, -0.05) is 13.0 Å². The van der Waals surface area contributed by atoms with Crippen LogP contribution in [0, 0.1) is 0 Å². The SMILES string of the molecule is CCC1C(=O)NC(=O)CN1CCCC(=O)c1cccs1. The standard InChI is InChI=1S/C14H18N2O3S/c1-2-10-14(19)15-13(18)9-16(10)7-3-5-11(17)12-6-4-8-20-12/h4,6,8,10H,2-3,5,7,9H2,1H3,(H,15,18,19). The van der Waals surface area contributed by atoms with E-state index in [1.54, 1.807) is 0 Å². The minimum absolute atomic E-state index is 0.126. The van der Waals surface area contributed by atoms with Crippen LogP contribution in [0.2, 0.25) is 0 Å². The number of imide groups is 1. The first kappa shape index (κ1) is 14.9. The molecule has 2 amide bonds. The molecule has 2 rings (SSSR count). The lowest BCUT2D eigenvalue weighted by molar-refractivity contribution is -0.140. The van der Waals surface area contributed by atoms with Gasteiger partial charge in [0.05, 0.1) is 17.5 Å². The van der Waals surface area contributed by atoms with Gasteiger partial charge in [-0.3, -0.25) is 24.6 Å². The third-order valence-electron chi connectivity index (χ3n) is 3.38. The largest absolute Gasteiger partial charge is 0.294 e. The molecule has 1 unspecified atom stereocenters. The highest BCUT2D eigenvalue weighted by molar-refractivity contribution is 7.12. The zero-order chi connectivity index (χ0) is 14.5. The van der Waals surface area contributed by atoms with E-state index in [-0.39, 0.29) is 30.2 Å². The van der Waals surface area contributed by atoms with Crippen molar-refractivity contribution in [3.05, 3.63) is 22.4 Å². The number of hydrogen-bond donors (Lipinski definition) is 1. The Kier molecular flexibility index (Phi) is 5.03. The zero-order valence-corrected chi connectivity index (χ0v) is 12.2.